The zero-order valence-electron chi connectivity index (χ0n) is 15.8. The van der Waals surface area contributed by atoms with Gasteiger partial charge in [-0.15, -0.1) is 12.4 Å². The van der Waals surface area contributed by atoms with E-state index in [4.69, 9.17) is 15.2 Å². The molecule has 7 nitrogen and oxygen atoms in total. The second kappa shape index (κ2) is 10.3. The normalized spacial score (nSPS) is 20.0. The molecule has 1 aromatic carbocycles. The molecule has 1 fully saturated rings. The van der Waals surface area contributed by atoms with Crippen molar-refractivity contribution in [3.63, 3.8) is 0 Å². The minimum Gasteiger partial charge on any atom is -0.467 e. The Balaban J connectivity index is 0.00000364. The molecule has 150 valence electrons. The minimum absolute atomic E-state index is 0. The van der Waals surface area contributed by atoms with Crippen molar-refractivity contribution in [1.29, 1.82) is 0 Å². The summed E-state index contributed by atoms with van der Waals surface area (Å²) in [6.07, 6.45) is 0.130. The van der Waals surface area contributed by atoms with Gasteiger partial charge in [-0.1, -0.05) is 32.0 Å². The second-order valence-electron chi connectivity index (χ2n) is 6.89. The lowest BCUT2D eigenvalue weighted by Crippen LogP contribution is -2.49. The highest BCUT2D eigenvalue weighted by atomic mass is 35.5. The van der Waals surface area contributed by atoms with Crippen LogP contribution in [0.15, 0.2) is 30.3 Å². The molecule has 1 saturated heterocycles. The van der Waals surface area contributed by atoms with Crippen LogP contribution in [0.4, 0.5) is 0 Å². The molecule has 2 rings (SSSR count). The Morgan fingerprint density at radius 1 is 1.22 bits per heavy atom. The molecular weight excluding hydrogens is 372 g/mol. The van der Waals surface area contributed by atoms with Crippen LogP contribution in [0.1, 0.15) is 37.0 Å². The number of ether oxygens (including phenoxy) is 2. The van der Waals surface area contributed by atoms with E-state index >= 15 is 0 Å². The maximum atomic E-state index is 12.7. The number of carbonyl (C=O) groups is 3. The van der Waals surface area contributed by atoms with Crippen molar-refractivity contribution in [3.8, 4) is 0 Å². The maximum Gasteiger partial charge on any atom is 0.338 e. The van der Waals surface area contributed by atoms with Gasteiger partial charge in [0.15, 0.2) is 0 Å². The lowest BCUT2D eigenvalue weighted by Gasteiger charge is -2.26. The molecule has 0 saturated carbocycles. The Kier molecular flexibility index (Phi) is 8.72. The first kappa shape index (κ1) is 22.9. The van der Waals surface area contributed by atoms with E-state index in [1.54, 1.807) is 30.3 Å². The van der Waals surface area contributed by atoms with Gasteiger partial charge in [-0.25, -0.2) is 9.59 Å². The topological polar surface area (TPSA) is 98.9 Å². The Labute approximate surface area is 165 Å². The maximum absolute atomic E-state index is 12.7. The summed E-state index contributed by atoms with van der Waals surface area (Å²) in [7, 11) is 1.27. The highest BCUT2D eigenvalue weighted by Gasteiger charge is 2.43. The first-order valence-corrected chi connectivity index (χ1v) is 8.73. The van der Waals surface area contributed by atoms with Gasteiger partial charge in [0.2, 0.25) is 5.91 Å². The predicted octanol–water partition coefficient (Wildman–Crippen LogP) is 1.78. The lowest BCUT2D eigenvalue weighted by molar-refractivity contribution is -0.151. The van der Waals surface area contributed by atoms with Crippen molar-refractivity contribution in [2.24, 2.45) is 11.7 Å². The third kappa shape index (κ3) is 5.94. The summed E-state index contributed by atoms with van der Waals surface area (Å²) in [5.41, 5.74) is 6.41. The number of methoxy groups -OCH3 is 1. The van der Waals surface area contributed by atoms with E-state index in [-0.39, 0.29) is 37.2 Å². The lowest BCUT2D eigenvalue weighted by atomic mass is 10.0. The van der Waals surface area contributed by atoms with Crippen LogP contribution in [0.2, 0.25) is 0 Å². The summed E-state index contributed by atoms with van der Waals surface area (Å²) in [5, 5.41) is 0. The van der Waals surface area contributed by atoms with Crippen LogP contribution in [-0.2, 0) is 19.1 Å². The van der Waals surface area contributed by atoms with E-state index in [1.165, 1.54) is 12.0 Å². The number of nitrogens with zero attached hydrogens (tertiary/aromatic N) is 1. The van der Waals surface area contributed by atoms with Gasteiger partial charge >= 0.3 is 11.9 Å². The largest absolute Gasteiger partial charge is 0.467 e. The number of benzene rings is 1. The Bertz CT molecular complexity index is 653. The Morgan fingerprint density at radius 3 is 2.41 bits per heavy atom. The van der Waals surface area contributed by atoms with Crippen LogP contribution >= 0.6 is 12.4 Å². The quantitative estimate of drug-likeness (QED) is 0.733. The number of hydrogen-bond acceptors (Lipinski definition) is 6. The van der Waals surface area contributed by atoms with Crippen LogP contribution < -0.4 is 5.73 Å². The molecule has 0 spiro atoms. The molecule has 3 unspecified atom stereocenters. The molecule has 0 radical (unpaired) electrons. The molecule has 27 heavy (non-hydrogen) atoms. The van der Waals surface area contributed by atoms with E-state index in [9.17, 15) is 14.4 Å². The van der Waals surface area contributed by atoms with Gasteiger partial charge in [0.25, 0.3) is 0 Å². The van der Waals surface area contributed by atoms with Crippen molar-refractivity contribution >= 4 is 30.3 Å². The molecule has 2 N–H and O–H groups in total. The highest BCUT2D eigenvalue weighted by molar-refractivity contribution is 5.90. The third-order valence-corrected chi connectivity index (χ3v) is 4.34. The van der Waals surface area contributed by atoms with Gasteiger partial charge in [0.05, 0.1) is 25.3 Å². The molecule has 1 aromatic rings. The van der Waals surface area contributed by atoms with Crippen LogP contribution in [-0.4, -0.2) is 54.6 Å². The molecule has 3 atom stereocenters. The van der Waals surface area contributed by atoms with Crippen molar-refractivity contribution in [3.05, 3.63) is 35.9 Å². The molecule has 8 heteroatoms. The SMILES string of the molecule is COC(=O)C1CC(OC(=O)c2ccccc2)CN1C(=O)C(N)CC(C)C.Cl. The molecule has 0 bridgehead atoms. The molecule has 0 aliphatic carbocycles. The van der Waals surface area contributed by atoms with Gasteiger partial charge in [-0.3, -0.25) is 4.79 Å². The van der Waals surface area contributed by atoms with Gasteiger partial charge in [0.1, 0.15) is 12.1 Å². The van der Waals surface area contributed by atoms with Gasteiger partial charge in [-0.05, 0) is 24.5 Å². The van der Waals surface area contributed by atoms with E-state index in [0.29, 0.717) is 12.0 Å². The number of carbonyl (C=O) groups excluding carboxylic acids is 3. The average Bonchev–Trinajstić information content (AvgIpc) is 3.04. The summed E-state index contributed by atoms with van der Waals surface area (Å²) in [4.78, 5) is 38.4. The van der Waals surface area contributed by atoms with Crippen molar-refractivity contribution in [1.82, 2.24) is 4.90 Å². The fourth-order valence-electron chi connectivity index (χ4n) is 3.10. The Hall–Kier alpha value is -2.12. The first-order chi connectivity index (χ1) is 12.3. The number of likely N-dealkylation sites (tertiary alicyclic amines) is 1. The van der Waals surface area contributed by atoms with Crippen molar-refractivity contribution < 1.29 is 23.9 Å². The standard InChI is InChI=1S/C19H26N2O5.ClH/c1-12(2)9-15(20)17(22)21-11-14(10-16(21)19(24)25-3)26-18(23)13-7-5-4-6-8-13;/h4-8,12,14-16H,9-11,20H2,1-3H3;1H. The van der Waals surface area contributed by atoms with Crippen LogP contribution in [0.3, 0.4) is 0 Å². The fourth-order valence-corrected chi connectivity index (χ4v) is 3.10. The summed E-state index contributed by atoms with van der Waals surface area (Å²) in [6.45, 7) is 4.07. The smallest absolute Gasteiger partial charge is 0.338 e. The molecule has 0 aromatic heterocycles. The monoisotopic (exact) mass is 398 g/mol. The molecule has 1 aliphatic heterocycles. The molecule has 1 heterocycles. The second-order valence-corrected chi connectivity index (χ2v) is 6.89. The predicted molar refractivity (Wildman–Crippen MR) is 102 cm³/mol. The summed E-state index contributed by atoms with van der Waals surface area (Å²) in [5.74, 6) is -1.10. The molecule has 1 amide bonds. The number of amides is 1. The van der Waals surface area contributed by atoms with E-state index in [2.05, 4.69) is 0 Å². The summed E-state index contributed by atoms with van der Waals surface area (Å²) in [6, 6.07) is 7.08. The number of esters is 2. The van der Waals surface area contributed by atoms with Gasteiger partial charge in [-0.2, -0.15) is 0 Å². The van der Waals surface area contributed by atoms with E-state index < -0.39 is 30.1 Å². The van der Waals surface area contributed by atoms with Crippen molar-refractivity contribution in [2.75, 3.05) is 13.7 Å². The number of nitrogens with two attached hydrogens (primary N) is 1. The zero-order chi connectivity index (χ0) is 19.3. The zero-order valence-corrected chi connectivity index (χ0v) is 16.6. The number of hydrogen-bond donors (Lipinski definition) is 1. The van der Waals surface area contributed by atoms with Crippen LogP contribution in [0.25, 0.3) is 0 Å². The average molecular weight is 399 g/mol. The van der Waals surface area contributed by atoms with Crippen LogP contribution in [0.5, 0.6) is 0 Å². The summed E-state index contributed by atoms with van der Waals surface area (Å²) < 4.78 is 10.3. The minimum atomic E-state index is -0.792. The summed E-state index contributed by atoms with van der Waals surface area (Å²) >= 11 is 0. The van der Waals surface area contributed by atoms with Crippen LogP contribution in [0, 0.1) is 5.92 Å². The number of halogens is 1. The highest BCUT2D eigenvalue weighted by Crippen LogP contribution is 2.24. The number of rotatable bonds is 6. The van der Waals surface area contributed by atoms with E-state index in [1.807, 2.05) is 13.8 Å². The first-order valence-electron chi connectivity index (χ1n) is 8.73. The third-order valence-electron chi connectivity index (χ3n) is 4.34. The van der Waals surface area contributed by atoms with Gasteiger partial charge < -0.3 is 20.1 Å². The molecule has 1 aliphatic rings. The van der Waals surface area contributed by atoms with Crippen molar-refractivity contribution in [2.45, 2.75) is 44.9 Å². The molecular formula is C19H27ClN2O5. The van der Waals surface area contributed by atoms with E-state index in [0.717, 1.165) is 0 Å². The Morgan fingerprint density at radius 2 is 1.85 bits per heavy atom. The fraction of sp³-hybridized carbons (Fsp3) is 0.526. The van der Waals surface area contributed by atoms with Gasteiger partial charge in [0, 0.05) is 6.42 Å².